The van der Waals surface area contributed by atoms with Crippen LogP contribution in [0.25, 0.3) is 0 Å². The number of carbonyl (C=O) groups excluding carboxylic acids is 1. The first kappa shape index (κ1) is 14.2. The van der Waals surface area contributed by atoms with Crippen LogP contribution in [0.15, 0.2) is 28.9 Å². The number of nitrogens with two attached hydrogens (primary N) is 1. The summed E-state index contributed by atoms with van der Waals surface area (Å²) in [6.45, 7) is 2.89. The monoisotopic (exact) mass is 312 g/mol. The normalized spacial score (nSPS) is 22.8. The van der Waals surface area contributed by atoms with Crippen LogP contribution in [0.1, 0.15) is 54.1 Å². The zero-order valence-corrected chi connectivity index (χ0v) is 13.1. The summed E-state index contributed by atoms with van der Waals surface area (Å²) in [5, 5.41) is 0. The molecule has 0 aromatic carbocycles. The van der Waals surface area contributed by atoms with Crippen LogP contribution < -0.4 is 10.6 Å². The first-order valence-electron chi connectivity index (χ1n) is 8.09. The summed E-state index contributed by atoms with van der Waals surface area (Å²) in [6.07, 6.45) is 6.53. The van der Waals surface area contributed by atoms with E-state index in [2.05, 4.69) is 27.9 Å². The highest BCUT2D eigenvalue weighted by molar-refractivity contribution is 5.90. The Hall–Kier alpha value is -2.37. The van der Waals surface area contributed by atoms with E-state index >= 15 is 0 Å². The van der Waals surface area contributed by atoms with Crippen LogP contribution in [0.5, 0.6) is 0 Å². The van der Waals surface area contributed by atoms with Crippen LogP contribution in [-0.2, 0) is 6.54 Å². The molecule has 2 saturated carbocycles. The second-order valence-corrected chi connectivity index (χ2v) is 6.61. The number of furan rings is 1. The topological polar surface area (TPSA) is 85.3 Å². The van der Waals surface area contributed by atoms with Crippen molar-refractivity contribution in [3.05, 3.63) is 41.7 Å². The standard InChI is InChI=1S/C17H20N4O2/c1-10-6-13(10)15-5-4-12(23-15)9-21(11-2-3-11)16-8-19-7-14(20-16)17(18)22/h4-5,7-8,10-11,13H,2-3,6,9H2,1H3,(H2,18,22)/t10-,13+/m0/s1. The Labute approximate surface area is 134 Å². The fourth-order valence-electron chi connectivity index (χ4n) is 2.96. The van der Waals surface area contributed by atoms with Gasteiger partial charge in [-0.05, 0) is 37.3 Å². The zero-order chi connectivity index (χ0) is 16.0. The number of nitrogens with zero attached hydrogens (tertiary/aromatic N) is 3. The van der Waals surface area contributed by atoms with E-state index < -0.39 is 5.91 Å². The summed E-state index contributed by atoms with van der Waals surface area (Å²) in [7, 11) is 0. The van der Waals surface area contributed by atoms with Gasteiger partial charge in [0.2, 0.25) is 0 Å². The Morgan fingerprint density at radius 2 is 2.17 bits per heavy atom. The molecule has 4 rings (SSSR count). The lowest BCUT2D eigenvalue weighted by Crippen LogP contribution is -2.27. The highest BCUT2D eigenvalue weighted by Gasteiger charge is 2.37. The van der Waals surface area contributed by atoms with E-state index in [9.17, 15) is 4.79 Å². The molecule has 6 heteroatoms. The zero-order valence-electron chi connectivity index (χ0n) is 13.1. The van der Waals surface area contributed by atoms with Gasteiger partial charge in [-0.25, -0.2) is 4.98 Å². The maximum atomic E-state index is 11.3. The van der Waals surface area contributed by atoms with Crippen molar-refractivity contribution < 1.29 is 9.21 Å². The van der Waals surface area contributed by atoms with Crippen LogP contribution >= 0.6 is 0 Å². The maximum absolute atomic E-state index is 11.3. The first-order valence-corrected chi connectivity index (χ1v) is 8.09. The smallest absolute Gasteiger partial charge is 0.268 e. The molecular weight excluding hydrogens is 292 g/mol. The Bertz CT molecular complexity index is 738. The molecule has 0 unspecified atom stereocenters. The van der Waals surface area contributed by atoms with Crippen molar-refractivity contribution >= 4 is 11.7 Å². The molecule has 0 bridgehead atoms. The quantitative estimate of drug-likeness (QED) is 0.885. The molecule has 2 fully saturated rings. The molecule has 2 heterocycles. The van der Waals surface area contributed by atoms with Gasteiger partial charge in [-0.2, -0.15) is 0 Å². The lowest BCUT2D eigenvalue weighted by atomic mass is 10.3. The minimum Gasteiger partial charge on any atom is -0.464 e. The molecule has 0 aliphatic heterocycles. The summed E-state index contributed by atoms with van der Waals surface area (Å²) in [4.78, 5) is 21.9. The largest absolute Gasteiger partial charge is 0.464 e. The average Bonchev–Trinajstić information content (AvgIpc) is 3.46. The van der Waals surface area contributed by atoms with E-state index in [4.69, 9.17) is 10.2 Å². The molecule has 120 valence electrons. The minimum atomic E-state index is -0.557. The number of amides is 1. The number of carbonyl (C=O) groups is 1. The predicted molar refractivity (Wildman–Crippen MR) is 85.0 cm³/mol. The van der Waals surface area contributed by atoms with Crippen LogP contribution in [-0.4, -0.2) is 21.9 Å². The number of hydrogen-bond donors (Lipinski definition) is 1. The minimum absolute atomic E-state index is 0.195. The fourth-order valence-corrected chi connectivity index (χ4v) is 2.96. The fraction of sp³-hybridized carbons (Fsp3) is 0.471. The molecule has 2 aromatic rings. The maximum Gasteiger partial charge on any atom is 0.268 e. The molecule has 6 nitrogen and oxygen atoms in total. The van der Waals surface area contributed by atoms with Crippen LogP contribution in [0, 0.1) is 5.92 Å². The van der Waals surface area contributed by atoms with Crippen molar-refractivity contribution in [3.8, 4) is 0 Å². The Balaban J connectivity index is 1.55. The van der Waals surface area contributed by atoms with E-state index in [1.54, 1.807) is 6.20 Å². The van der Waals surface area contributed by atoms with E-state index in [0.29, 0.717) is 24.3 Å². The van der Waals surface area contributed by atoms with Gasteiger partial charge in [-0.3, -0.25) is 9.78 Å². The van der Waals surface area contributed by atoms with Gasteiger partial charge < -0.3 is 15.1 Å². The average molecular weight is 312 g/mol. The molecular formula is C17H20N4O2. The van der Waals surface area contributed by atoms with E-state index in [1.165, 1.54) is 12.6 Å². The molecule has 0 spiro atoms. The Morgan fingerprint density at radius 1 is 1.39 bits per heavy atom. The van der Waals surface area contributed by atoms with E-state index in [-0.39, 0.29) is 5.69 Å². The van der Waals surface area contributed by atoms with Crippen LogP contribution in [0.2, 0.25) is 0 Å². The summed E-state index contributed by atoms with van der Waals surface area (Å²) in [6, 6.07) is 4.56. The van der Waals surface area contributed by atoms with Crippen LogP contribution in [0.3, 0.4) is 0 Å². The third-order valence-corrected chi connectivity index (χ3v) is 4.64. The van der Waals surface area contributed by atoms with Crippen molar-refractivity contribution in [1.82, 2.24) is 9.97 Å². The van der Waals surface area contributed by atoms with Crippen molar-refractivity contribution in [2.45, 2.75) is 44.7 Å². The van der Waals surface area contributed by atoms with Gasteiger partial charge in [0.05, 0.1) is 18.9 Å². The summed E-state index contributed by atoms with van der Waals surface area (Å²) in [5.41, 5.74) is 5.50. The van der Waals surface area contributed by atoms with Gasteiger partial charge >= 0.3 is 0 Å². The highest BCUT2D eigenvalue weighted by Crippen LogP contribution is 2.47. The highest BCUT2D eigenvalue weighted by atomic mass is 16.3. The number of anilines is 1. The molecule has 2 aliphatic carbocycles. The first-order chi connectivity index (χ1) is 11.1. The van der Waals surface area contributed by atoms with Gasteiger partial charge in [-0.1, -0.05) is 6.92 Å². The molecule has 2 aliphatic rings. The molecule has 23 heavy (non-hydrogen) atoms. The molecule has 1 amide bonds. The number of rotatable bonds is 6. The second kappa shape index (κ2) is 5.37. The van der Waals surface area contributed by atoms with Gasteiger partial charge in [0.25, 0.3) is 5.91 Å². The SMILES string of the molecule is C[C@H]1C[C@H]1c1ccc(CN(c2cncc(C(N)=O)n2)C2CC2)o1. The Morgan fingerprint density at radius 3 is 2.83 bits per heavy atom. The summed E-state index contributed by atoms with van der Waals surface area (Å²) < 4.78 is 6.00. The van der Waals surface area contributed by atoms with Crippen molar-refractivity contribution in [1.29, 1.82) is 0 Å². The van der Waals surface area contributed by atoms with E-state index in [1.807, 2.05) is 6.07 Å². The van der Waals surface area contributed by atoms with Gasteiger partial charge in [0.15, 0.2) is 0 Å². The van der Waals surface area contributed by atoms with Crippen molar-refractivity contribution in [3.63, 3.8) is 0 Å². The van der Waals surface area contributed by atoms with Gasteiger partial charge in [-0.15, -0.1) is 0 Å². The van der Waals surface area contributed by atoms with Gasteiger partial charge in [0, 0.05) is 12.0 Å². The Kier molecular flexibility index (Phi) is 3.32. The lowest BCUT2D eigenvalue weighted by molar-refractivity contribution is 0.0995. The molecule has 2 N–H and O–H groups in total. The number of primary amides is 1. The summed E-state index contributed by atoms with van der Waals surface area (Å²) in [5.74, 6) is 3.44. The van der Waals surface area contributed by atoms with E-state index in [0.717, 1.165) is 30.3 Å². The predicted octanol–water partition coefficient (Wildman–Crippen LogP) is 2.46. The van der Waals surface area contributed by atoms with Crippen LogP contribution in [0.4, 0.5) is 5.82 Å². The molecule has 2 atom stereocenters. The van der Waals surface area contributed by atoms with Crippen molar-refractivity contribution in [2.24, 2.45) is 11.7 Å². The van der Waals surface area contributed by atoms with Crippen molar-refractivity contribution in [2.75, 3.05) is 4.90 Å². The molecule has 0 saturated heterocycles. The lowest BCUT2D eigenvalue weighted by Gasteiger charge is -2.22. The van der Waals surface area contributed by atoms with Gasteiger partial charge in [0.1, 0.15) is 23.0 Å². The second-order valence-electron chi connectivity index (χ2n) is 6.61. The number of hydrogen-bond acceptors (Lipinski definition) is 5. The third kappa shape index (κ3) is 2.93. The molecule has 2 aromatic heterocycles. The summed E-state index contributed by atoms with van der Waals surface area (Å²) >= 11 is 0. The molecule has 0 radical (unpaired) electrons. The number of aromatic nitrogens is 2. The third-order valence-electron chi connectivity index (χ3n) is 4.64.